The van der Waals surface area contributed by atoms with E-state index in [2.05, 4.69) is 16.4 Å². The van der Waals surface area contributed by atoms with Gasteiger partial charge in [0.2, 0.25) is 5.91 Å². The van der Waals surface area contributed by atoms with Crippen LogP contribution in [0.15, 0.2) is 29.1 Å². The molecule has 0 radical (unpaired) electrons. The molecule has 1 amide bonds. The van der Waals surface area contributed by atoms with Crippen LogP contribution in [0.2, 0.25) is 0 Å². The van der Waals surface area contributed by atoms with Gasteiger partial charge in [-0.15, -0.1) is 22.7 Å². The number of hydrogen-bond donors (Lipinski definition) is 0. The third-order valence-corrected chi connectivity index (χ3v) is 5.29. The summed E-state index contributed by atoms with van der Waals surface area (Å²) >= 11 is 3.38. The van der Waals surface area contributed by atoms with Gasteiger partial charge in [-0.3, -0.25) is 4.79 Å². The second-order valence-electron chi connectivity index (χ2n) is 4.69. The number of carbonyl (C=O) groups excluding carboxylic acids is 1. The molecule has 0 aliphatic carbocycles. The van der Waals surface area contributed by atoms with Crippen molar-refractivity contribution < 1.29 is 4.79 Å². The summed E-state index contributed by atoms with van der Waals surface area (Å²) in [7, 11) is 0. The molecule has 1 saturated heterocycles. The summed E-state index contributed by atoms with van der Waals surface area (Å²) in [5, 5.41) is 5.14. The average molecular weight is 292 g/mol. The van der Waals surface area contributed by atoms with Crippen LogP contribution in [0.25, 0.3) is 0 Å². The lowest BCUT2D eigenvalue weighted by Gasteiger charge is -2.23. The van der Waals surface area contributed by atoms with Crippen molar-refractivity contribution in [2.45, 2.75) is 31.7 Å². The van der Waals surface area contributed by atoms with Gasteiger partial charge in [-0.2, -0.15) is 0 Å². The number of carbonyl (C=O) groups is 1. The lowest BCUT2D eigenvalue weighted by atomic mass is 10.2. The molecule has 3 rings (SSSR count). The molecule has 1 unspecified atom stereocenters. The standard InChI is InChI=1S/C14H16N2OS2/c17-13(6-5-11-3-2-9-18-11)16-8-1-4-12(16)14-15-7-10-19-14/h2-3,7,9-10,12H,1,4-6,8H2. The summed E-state index contributed by atoms with van der Waals surface area (Å²) in [5.74, 6) is 0.270. The van der Waals surface area contributed by atoms with Crippen molar-refractivity contribution in [2.24, 2.45) is 0 Å². The van der Waals surface area contributed by atoms with Gasteiger partial charge in [-0.1, -0.05) is 6.07 Å². The summed E-state index contributed by atoms with van der Waals surface area (Å²) in [6, 6.07) is 4.36. The van der Waals surface area contributed by atoms with Gasteiger partial charge in [-0.25, -0.2) is 4.98 Å². The molecule has 1 aliphatic rings. The highest BCUT2D eigenvalue weighted by atomic mass is 32.1. The summed E-state index contributed by atoms with van der Waals surface area (Å²) < 4.78 is 0. The van der Waals surface area contributed by atoms with Crippen molar-refractivity contribution in [1.82, 2.24) is 9.88 Å². The second-order valence-corrected chi connectivity index (χ2v) is 6.65. The monoisotopic (exact) mass is 292 g/mol. The van der Waals surface area contributed by atoms with E-state index in [0.29, 0.717) is 6.42 Å². The van der Waals surface area contributed by atoms with Crippen molar-refractivity contribution in [2.75, 3.05) is 6.54 Å². The minimum atomic E-state index is 0.218. The first-order valence-electron chi connectivity index (χ1n) is 6.56. The van der Waals surface area contributed by atoms with Crippen molar-refractivity contribution in [1.29, 1.82) is 0 Å². The highest BCUT2D eigenvalue weighted by Crippen LogP contribution is 2.33. The maximum Gasteiger partial charge on any atom is 0.223 e. The minimum absolute atomic E-state index is 0.218. The molecule has 0 aromatic carbocycles. The lowest BCUT2D eigenvalue weighted by molar-refractivity contribution is -0.132. The molecule has 1 aliphatic heterocycles. The van der Waals surface area contributed by atoms with Crippen molar-refractivity contribution in [3.05, 3.63) is 39.0 Å². The topological polar surface area (TPSA) is 33.2 Å². The number of nitrogens with zero attached hydrogens (tertiary/aromatic N) is 2. The lowest BCUT2D eigenvalue weighted by Crippen LogP contribution is -2.30. The number of aromatic nitrogens is 1. The van der Waals surface area contributed by atoms with Crippen molar-refractivity contribution in [3.8, 4) is 0 Å². The molecule has 3 heterocycles. The molecule has 2 aromatic heterocycles. The van der Waals surface area contributed by atoms with E-state index in [0.717, 1.165) is 30.8 Å². The average Bonchev–Trinajstić information content (AvgIpc) is 3.14. The van der Waals surface area contributed by atoms with E-state index in [1.807, 2.05) is 22.5 Å². The van der Waals surface area contributed by atoms with Crippen LogP contribution in [-0.2, 0) is 11.2 Å². The number of thiophene rings is 1. The zero-order valence-corrected chi connectivity index (χ0v) is 12.3. The molecule has 1 atom stereocenters. The first kappa shape index (κ1) is 12.8. The van der Waals surface area contributed by atoms with E-state index in [-0.39, 0.29) is 11.9 Å². The molecule has 0 bridgehead atoms. The molecule has 100 valence electrons. The van der Waals surface area contributed by atoms with Crippen LogP contribution < -0.4 is 0 Å². The van der Waals surface area contributed by atoms with Gasteiger partial charge < -0.3 is 4.90 Å². The minimum Gasteiger partial charge on any atom is -0.333 e. The molecule has 2 aromatic rings. The molecule has 0 saturated carbocycles. The number of amides is 1. The fourth-order valence-electron chi connectivity index (χ4n) is 2.55. The molecule has 0 spiro atoms. The zero-order chi connectivity index (χ0) is 13.1. The Labute approximate surface area is 120 Å². The summed E-state index contributed by atoms with van der Waals surface area (Å²) in [4.78, 5) is 20.0. The van der Waals surface area contributed by atoms with E-state index in [1.165, 1.54) is 4.88 Å². The molecule has 19 heavy (non-hydrogen) atoms. The number of hydrogen-bond acceptors (Lipinski definition) is 4. The van der Waals surface area contributed by atoms with E-state index in [9.17, 15) is 4.79 Å². The van der Waals surface area contributed by atoms with Crippen molar-refractivity contribution >= 4 is 28.6 Å². The fourth-order valence-corrected chi connectivity index (χ4v) is 4.04. The molecule has 1 fully saturated rings. The Balaban J connectivity index is 1.62. The predicted octanol–water partition coefficient (Wildman–Crippen LogP) is 3.50. The molecule has 3 nitrogen and oxygen atoms in total. The highest BCUT2D eigenvalue weighted by molar-refractivity contribution is 7.10. The largest absolute Gasteiger partial charge is 0.333 e. The molecule has 5 heteroatoms. The Morgan fingerprint density at radius 2 is 2.37 bits per heavy atom. The fraction of sp³-hybridized carbons (Fsp3) is 0.429. The Kier molecular flexibility index (Phi) is 3.94. The Morgan fingerprint density at radius 3 is 3.11 bits per heavy atom. The van der Waals surface area contributed by atoms with Crippen LogP contribution in [0, 0.1) is 0 Å². The SMILES string of the molecule is O=C(CCc1cccs1)N1CCCC1c1nccs1. The molecule has 0 N–H and O–H groups in total. The highest BCUT2D eigenvalue weighted by Gasteiger charge is 2.31. The summed E-state index contributed by atoms with van der Waals surface area (Å²) in [6.07, 6.45) is 5.44. The number of aryl methyl sites for hydroxylation is 1. The van der Waals surface area contributed by atoms with E-state index in [4.69, 9.17) is 0 Å². The van der Waals surface area contributed by atoms with Gasteiger partial charge in [0.25, 0.3) is 0 Å². The van der Waals surface area contributed by atoms with Gasteiger partial charge in [-0.05, 0) is 30.7 Å². The van der Waals surface area contributed by atoms with Crippen LogP contribution in [0.3, 0.4) is 0 Å². The third-order valence-electron chi connectivity index (χ3n) is 3.47. The van der Waals surface area contributed by atoms with Crippen LogP contribution in [0.5, 0.6) is 0 Å². The second kappa shape index (κ2) is 5.84. The van der Waals surface area contributed by atoms with Gasteiger partial charge >= 0.3 is 0 Å². The van der Waals surface area contributed by atoms with Gasteiger partial charge in [0.15, 0.2) is 0 Å². The smallest absolute Gasteiger partial charge is 0.223 e. The Morgan fingerprint density at radius 1 is 1.42 bits per heavy atom. The molecular formula is C14H16N2OS2. The first-order valence-corrected chi connectivity index (χ1v) is 8.32. The molecular weight excluding hydrogens is 276 g/mol. The third kappa shape index (κ3) is 2.87. The summed E-state index contributed by atoms with van der Waals surface area (Å²) in [5.41, 5.74) is 0. The van der Waals surface area contributed by atoms with Gasteiger partial charge in [0.05, 0.1) is 6.04 Å². The normalized spacial score (nSPS) is 18.9. The maximum absolute atomic E-state index is 12.4. The Bertz CT molecular complexity index is 522. The van der Waals surface area contributed by atoms with E-state index >= 15 is 0 Å². The Hall–Kier alpha value is -1.20. The number of thiazole rings is 1. The zero-order valence-electron chi connectivity index (χ0n) is 10.6. The van der Waals surface area contributed by atoms with Crippen molar-refractivity contribution in [3.63, 3.8) is 0 Å². The number of rotatable bonds is 4. The van der Waals surface area contributed by atoms with E-state index in [1.54, 1.807) is 22.7 Å². The predicted molar refractivity (Wildman–Crippen MR) is 78.4 cm³/mol. The first-order chi connectivity index (χ1) is 9.34. The number of likely N-dealkylation sites (tertiary alicyclic amines) is 1. The van der Waals surface area contributed by atoms with Crippen LogP contribution in [-0.4, -0.2) is 22.3 Å². The van der Waals surface area contributed by atoms with Gasteiger partial charge in [0.1, 0.15) is 5.01 Å². The van der Waals surface area contributed by atoms with Crippen LogP contribution in [0.4, 0.5) is 0 Å². The van der Waals surface area contributed by atoms with E-state index < -0.39 is 0 Å². The quantitative estimate of drug-likeness (QED) is 0.864. The van der Waals surface area contributed by atoms with Crippen LogP contribution >= 0.6 is 22.7 Å². The van der Waals surface area contributed by atoms with Gasteiger partial charge in [0, 0.05) is 29.4 Å². The maximum atomic E-state index is 12.4. The summed E-state index contributed by atoms with van der Waals surface area (Å²) in [6.45, 7) is 0.882. The van der Waals surface area contributed by atoms with Crippen LogP contribution in [0.1, 0.15) is 35.2 Å².